The first-order valence-electron chi connectivity index (χ1n) is 17.3. The molecule has 0 radical (unpaired) electrons. The van der Waals surface area contributed by atoms with Crippen LogP contribution in [0.5, 0.6) is 5.75 Å². The largest absolute Gasteiger partial charge is 0.505 e. The van der Waals surface area contributed by atoms with Crippen LogP contribution in [0.4, 0.5) is 46.0 Å². The second kappa shape index (κ2) is 16.5. The van der Waals surface area contributed by atoms with Crippen molar-refractivity contribution in [2.24, 2.45) is 20.5 Å². The van der Waals surface area contributed by atoms with Gasteiger partial charge in [-0.1, -0.05) is 17.3 Å². The topological polar surface area (TPSA) is 334 Å². The lowest BCUT2D eigenvalue weighted by molar-refractivity contribution is 0.425. The van der Waals surface area contributed by atoms with E-state index in [2.05, 4.69) is 56.2 Å². The molecule has 2 heterocycles. The number of hydrogen-bond acceptors (Lipinski definition) is 19. The maximum atomic E-state index is 12.5. The Bertz CT molecular complexity index is 3370. The molecule has 0 fully saturated rings. The summed E-state index contributed by atoms with van der Waals surface area (Å²) in [4.78, 5) is 14.1. The van der Waals surface area contributed by atoms with Crippen LogP contribution in [-0.2, 0) is 30.4 Å². The molecule has 7 aromatic rings. The number of aromatic hydroxyl groups is 1. The van der Waals surface area contributed by atoms with Gasteiger partial charge in [0.05, 0.1) is 27.5 Å². The van der Waals surface area contributed by atoms with E-state index < -0.39 is 62.0 Å². The summed E-state index contributed by atoms with van der Waals surface area (Å²) in [6, 6.07) is 17.7. The van der Waals surface area contributed by atoms with Gasteiger partial charge in [-0.25, -0.2) is 0 Å². The number of benzene rings is 5. The molecule has 0 bridgehead atoms. The summed E-state index contributed by atoms with van der Waals surface area (Å²) < 4.78 is 107. The van der Waals surface area contributed by atoms with Crippen molar-refractivity contribution < 1.29 is 48.5 Å². The van der Waals surface area contributed by atoms with Gasteiger partial charge in [0.25, 0.3) is 36.2 Å². The van der Waals surface area contributed by atoms with Crippen LogP contribution in [0.25, 0.3) is 22.2 Å². The molecular weight excluding hydrogens is 894 g/mol. The first kappa shape index (κ1) is 43.2. The quantitative estimate of drug-likeness (QED) is 0.0494. The van der Waals surface area contributed by atoms with Crippen LogP contribution in [0.1, 0.15) is 17.0 Å². The van der Waals surface area contributed by atoms with Crippen LogP contribution in [0, 0.1) is 20.8 Å². The number of phenols is 1. The molecule has 0 aliphatic heterocycles. The number of nitrogens with one attached hydrogen (secondary N) is 2. The molecule has 0 saturated heterocycles. The molecule has 318 valence electrons. The molecule has 22 nitrogen and oxygen atoms in total. The van der Waals surface area contributed by atoms with E-state index in [0.717, 1.165) is 24.3 Å². The Morgan fingerprint density at radius 3 is 2.00 bits per heavy atom. The fourth-order valence-corrected chi connectivity index (χ4v) is 7.76. The Kier molecular flexibility index (Phi) is 11.5. The molecule has 0 aliphatic carbocycles. The third-order valence-corrected chi connectivity index (χ3v) is 11.5. The first-order chi connectivity index (χ1) is 29.1. The van der Waals surface area contributed by atoms with Crippen molar-refractivity contribution in [1.82, 2.24) is 25.1 Å². The number of rotatable bonds is 12. The summed E-state index contributed by atoms with van der Waals surface area (Å²) in [5.41, 5.74) is 1.30. The number of hydrogen-bond donors (Lipinski definition) is 6. The summed E-state index contributed by atoms with van der Waals surface area (Å²) in [5, 5.41) is 37.5. The first-order valence-corrected chi connectivity index (χ1v) is 22.0. The molecule has 7 rings (SSSR count). The Morgan fingerprint density at radius 1 is 0.645 bits per heavy atom. The summed E-state index contributed by atoms with van der Waals surface area (Å²) >= 11 is 6.10. The van der Waals surface area contributed by atoms with Crippen molar-refractivity contribution in [3.63, 3.8) is 0 Å². The van der Waals surface area contributed by atoms with Gasteiger partial charge < -0.3 is 20.3 Å². The molecular formula is C36H28ClN11O11S3. The molecule has 0 atom stereocenters. The van der Waals surface area contributed by atoms with Crippen LogP contribution >= 0.6 is 11.6 Å². The van der Waals surface area contributed by atoms with Gasteiger partial charge in [-0.05, 0) is 116 Å². The van der Waals surface area contributed by atoms with Gasteiger partial charge in [-0.2, -0.15) is 50.3 Å². The molecule has 6 N–H and O–H groups in total. The number of aryl methyl sites for hydroxylation is 3. The average molecular weight is 922 g/mol. The van der Waals surface area contributed by atoms with E-state index in [-0.39, 0.29) is 34.7 Å². The monoisotopic (exact) mass is 921 g/mol. The maximum Gasteiger partial charge on any atom is 0.296 e. The van der Waals surface area contributed by atoms with E-state index in [4.69, 9.17) is 16.1 Å². The van der Waals surface area contributed by atoms with Gasteiger partial charge in [-0.15, -0.1) is 15.3 Å². The highest BCUT2D eigenvalue weighted by Crippen LogP contribution is 2.42. The Morgan fingerprint density at radius 2 is 1.32 bits per heavy atom. The predicted molar refractivity (Wildman–Crippen MR) is 222 cm³/mol. The zero-order valence-corrected chi connectivity index (χ0v) is 35.0. The van der Waals surface area contributed by atoms with Crippen LogP contribution in [0.15, 0.2) is 119 Å². The fourth-order valence-electron chi connectivity index (χ4n) is 5.84. The van der Waals surface area contributed by atoms with Crippen LogP contribution in [-0.4, -0.2) is 69.1 Å². The van der Waals surface area contributed by atoms with E-state index in [0.29, 0.717) is 44.7 Å². The lowest BCUT2D eigenvalue weighted by Crippen LogP contribution is -2.09. The number of fused-ring (bicyclic) bond motifs is 1. The van der Waals surface area contributed by atoms with E-state index in [1.165, 1.54) is 18.2 Å². The number of anilines is 4. The predicted octanol–water partition coefficient (Wildman–Crippen LogP) is 8.42. The van der Waals surface area contributed by atoms with Crippen molar-refractivity contribution in [3.8, 4) is 17.2 Å². The Hall–Kier alpha value is -6.87. The zero-order valence-electron chi connectivity index (χ0n) is 31.8. The molecule has 0 amide bonds. The van der Waals surface area contributed by atoms with Gasteiger partial charge in [0.1, 0.15) is 21.2 Å². The highest BCUT2D eigenvalue weighted by molar-refractivity contribution is 7.86. The van der Waals surface area contributed by atoms with Gasteiger partial charge in [0.15, 0.2) is 11.6 Å². The van der Waals surface area contributed by atoms with Crippen molar-refractivity contribution in [1.29, 1.82) is 0 Å². The third kappa shape index (κ3) is 9.52. The number of azo groups is 2. The molecule has 26 heteroatoms. The fraction of sp³-hybridized carbons (Fsp3) is 0.0833. The minimum Gasteiger partial charge on any atom is -0.505 e. The van der Waals surface area contributed by atoms with Crippen molar-refractivity contribution in [2.75, 3.05) is 10.6 Å². The minimum atomic E-state index is -4.90. The van der Waals surface area contributed by atoms with Crippen molar-refractivity contribution in [2.45, 2.75) is 35.5 Å². The lowest BCUT2D eigenvalue weighted by Gasteiger charge is -2.13. The zero-order chi connectivity index (χ0) is 44.7. The molecule has 0 spiro atoms. The molecule has 0 unspecified atom stereocenters. The maximum absolute atomic E-state index is 12.5. The van der Waals surface area contributed by atoms with Crippen LogP contribution in [0.2, 0.25) is 5.28 Å². The van der Waals surface area contributed by atoms with Crippen molar-refractivity contribution in [3.05, 3.63) is 101 Å². The highest BCUT2D eigenvalue weighted by Gasteiger charge is 2.22. The normalized spacial score (nSPS) is 12.4. The van der Waals surface area contributed by atoms with E-state index in [9.17, 15) is 44.0 Å². The molecule has 5 aromatic carbocycles. The van der Waals surface area contributed by atoms with E-state index in [1.54, 1.807) is 57.2 Å². The van der Waals surface area contributed by atoms with E-state index in [1.807, 2.05) is 0 Å². The third-order valence-electron chi connectivity index (χ3n) is 8.65. The number of aromatic nitrogens is 5. The SMILES string of the molecule is Cc1noc(-c2ccccc2N=Nc2cc(S(=O)(=O)O)c(N=Nc3c(C)cc4cc(Nc5nc(Cl)nc(Nc6cc(S(=O)(=O)O)ccc6S(=O)(=O)O)n5)ccc4c3O)cc2C)n1. The second-order valence-electron chi connectivity index (χ2n) is 13.1. The highest BCUT2D eigenvalue weighted by atomic mass is 35.5. The molecule has 0 saturated carbocycles. The van der Waals surface area contributed by atoms with Gasteiger partial charge in [-0.3, -0.25) is 13.7 Å². The van der Waals surface area contributed by atoms with Gasteiger partial charge >= 0.3 is 0 Å². The number of nitrogens with zero attached hydrogens (tertiary/aromatic N) is 9. The summed E-state index contributed by atoms with van der Waals surface area (Å²) in [6.45, 7) is 4.89. The average Bonchev–Trinajstić information content (AvgIpc) is 3.61. The molecule has 62 heavy (non-hydrogen) atoms. The lowest BCUT2D eigenvalue weighted by atomic mass is 10.0. The Labute approximate surface area is 355 Å². The minimum absolute atomic E-state index is 0.0175. The number of phenolic OH excluding ortho intramolecular Hbond substituents is 1. The van der Waals surface area contributed by atoms with Crippen molar-refractivity contribution >= 4 is 98.7 Å². The summed E-state index contributed by atoms with van der Waals surface area (Å²) in [7, 11) is -14.6. The number of halogens is 1. The standard InChI is InChI=1S/C36H28ClN11O11S3/c1-17-13-28(30(62(56,57)58)16-26(17)45-44-25-7-5-4-6-24(25)33-38-19(3)48-59-33)46-47-31-18(2)12-20-14-21(8-10-23(20)32(31)49)39-35-41-34(37)42-36(43-35)40-27-15-22(60(50,51)52)9-11-29(27)61(53,54)55/h4-16,49H,1-3H3,(H,50,51,52)(H,53,54,55)(H,56,57,58)(H2,39,40,41,42,43). The van der Waals surface area contributed by atoms with E-state index >= 15 is 0 Å². The second-order valence-corrected chi connectivity index (χ2v) is 17.6. The van der Waals surface area contributed by atoms with Gasteiger partial charge in [0, 0.05) is 11.1 Å². The van der Waals surface area contributed by atoms with Crippen LogP contribution in [0.3, 0.4) is 0 Å². The van der Waals surface area contributed by atoms with Gasteiger partial charge in [0.2, 0.25) is 17.2 Å². The summed E-state index contributed by atoms with van der Waals surface area (Å²) in [5.74, 6) is -0.280. The smallest absolute Gasteiger partial charge is 0.296 e. The molecule has 2 aromatic heterocycles. The van der Waals surface area contributed by atoms with Crippen LogP contribution < -0.4 is 10.6 Å². The molecule has 0 aliphatic rings. The Balaban J connectivity index is 1.16. The summed E-state index contributed by atoms with van der Waals surface area (Å²) in [6.07, 6.45) is 0.